The fraction of sp³-hybridized carbons (Fsp3) is 0.536. The number of carbonyl (C=O) groups excluding carboxylic acids is 1. The molecule has 0 radical (unpaired) electrons. The van der Waals surface area contributed by atoms with Crippen molar-refractivity contribution in [3.8, 4) is 17.1 Å². The maximum Gasteiger partial charge on any atom is 0.401 e. The van der Waals surface area contributed by atoms with Crippen molar-refractivity contribution >= 4 is 28.8 Å². The second kappa shape index (κ2) is 12.1. The summed E-state index contributed by atoms with van der Waals surface area (Å²) in [7, 11) is 1.73. The Morgan fingerprint density at radius 1 is 1.27 bits per heavy atom. The van der Waals surface area contributed by atoms with Gasteiger partial charge in [-0.1, -0.05) is 18.5 Å². The van der Waals surface area contributed by atoms with E-state index in [2.05, 4.69) is 5.32 Å². The summed E-state index contributed by atoms with van der Waals surface area (Å²) in [5.41, 5.74) is 8.05. The van der Waals surface area contributed by atoms with Crippen molar-refractivity contribution in [1.29, 1.82) is 0 Å². The van der Waals surface area contributed by atoms with Crippen LogP contribution < -0.4 is 20.7 Å². The minimum atomic E-state index is -4.23. The molecule has 4 N–H and O–H groups in total. The van der Waals surface area contributed by atoms with Gasteiger partial charge in [0.15, 0.2) is 11.6 Å². The number of nitrogens with zero attached hydrogens (tertiary/aromatic N) is 4. The largest absolute Gasteiger partial charge is 0.491 e. The van der Waals surface area contributed by atoms with E-state index in [1.807, 2.05) is 11.8 Å². The van der Waals surface area contributed by atoms with E-state index >= 15 is 0 Å². The molecule has 1 aromatic carbocycles. The highest BCUT2D eigenvalue weighted by atomic mass is 35.5. The van der Waals surface area contributed by atoms with E-state index in [1.54, 1.807) is 39.1 Å². The van der Waals surface area contributed by atoms with Crippen molar-refractivity contribution in [3.63, 3.8) is 0 Å². The van der Waals surface area contributed by atoms with Gasteiger partial charge in [-0.25, -0.2) is 9.97 Å². The summed E-state index contributed by atoms with van der Waals surface area (Å²) < 4.78 is 44.2. The number of aliphatic hydroxyl groups excluding tert-OH is 1. The first kappa shape index (κ1) is 31.0. The lowest BCUT2D eigenvalue weighted by Gasteiger charge is -2.61. The summed E-state index contributed by atoms with van der Waals surface area (Å²) in [6, 6.07) is 4.99. The van der Waals surface area contributed by atoms with Gasteiger partial charge in [0.25, 0.3) is 0 Å². The summed E-state index contributed by atoms with van der Waals surface area (Å²) in [4.78, 5) is 25.9. The van der Waals surface area contributed by atoms with Crippen LogP contribution in [0, 0.1) is 12.3 Å². The van der Waals surface area contributed by atoms with Crippen LogP contribution in [0.2, 0.25) is 5.02 Å². The number of carbonyl (C=O) groups is 1. The molecule has 2 saturated heterocycles. The molecule has 2 fully saturated rings. The zero-order valence-corrected chi connectivity index (χ0v) is 24.4. The second-order valence-electron chi connectivity index (χ2n) is 11.0. The SMILES string of the molecule is CCC(=O)C(=C(C)N)c1nc(-c2cc(OC[C@H](O)CNC)ccc2Cl)nc(N2CC3(CN(CC(F)(F)F)C3)C2)c1C. The molecule has 2 aliphatic heterocycles. The third-order valence-electron chi connectivity index (χ3n) is 7.29. The molecule has 41 heavy (non-hydrogen) atoms. The van der Waals surface area contributed by atoms with E-state index in [0.29, 0.717) is 77.4 Å². The van der Waals surface area contributed by atoms with Gasteiger partial charge < -0.3 is 25.8 Å². The number of halogens is 4. The first-order valence-electron chi connectivity index (χ1n) is 13.4. The lowest BCUT2D eigenvalue weighted by Crippen LogP contribution is -2.73. The van der Waals surface area contributed by atoms with Crippen LogP contribution in [0.1, 0.15) is 31.5 Å². The molecule has 1 aromatic heterocycles. The molecule has 0 saturated carbocycles. The predicted octanol–water partition coefficient (Wildman–Crippen LogP) is 3.42. The highest BCUT2D eigenvalue weighted by molar-refractivity contribution is 6.33. The molecule has 3 heterocycles. The first-order valence-corrected chi connectivity index (χ1v) is 13.8. The maximum atomic E-state index is 13.0. The Bertz CT molecular complexity index is 1320. The molecule has 1 spiro atoms. The predicted molar refractivity (Wildman–Crippen MR) is 152 cm³/mol. The molecule has 2 aromatic rings. The summed E-state index contributed by atoms with van der Waals surface area (Å²) in [6.07, 6.45) is -4.72. The summed E-state index contributed by atoms with van der Waals surface area (Å²) >= 11 is 6.58. The van der Waals surface area contributed by atoms with Crippen LogP contribution in [0.3, 0.4) is 0 Å². The lowest BCUT2D eigenvalue weighted by atomic mass is 9.72. The molecule has 9 nitrogen and oxygen atoms in total. The van der Waals surface area contributed by atoms with Crippen molar-refractivity contribution in [2.75, 3.05) is 57.8 Å². The van der Waals surface area contributed by atoms with Crippen LogP contribution >= 0.6 is 11.6 Å². The van der Waals surface area contributed by atoms with E-state index in [0.717, 1.165) is 0 Å². The number of hydrogen-bond acceptors (Lipinski definition) is 9. The van der Waals surface area contributed by atoms with Gasteiger partial charge in [-0.05, 0) is 39.1 Å². The minimum absolute atomic E-state index is 0.0542. The third kappa shape index (κ3) is 6.94. The molecule has 0 bridgehead atoms. The van der Waals surface area contributed by atoms with Crippen molar-refractivity contribution in [3.05, 3.63) is 40.2 Å². The van der Waals surface area contributed by atoms with Gasteiger partial charge in [0.1, 0.15) is 24.3 Å². The van der Waals surface area contributed by atoms with Crippen LogP contribution in [0.25, 0.3) is 17.0 Å². The number of ketones is 1. The number of alkyl halides is 3. The lowest BCUT2D eigenvalue weighted by molar-refractivity contribution is -0.172. The van der Waals surface area contributed by atoms with E-state index in [1.165, 1.54) is 4.90 Å². The molecule has 0 amide bonds. The molecule has 2 aliphatic rings. The summed E-state index contributed by atoms with van der Waals surface area (Å²) in [6.45, 7) is 6.47. The van der Waals surface area contributed by atoms with E-state index < -0.39 is 18.8 Å². The number of aromatic nitrogens is 2. The summed E-state index contributed by atoms with van der Waals surface area (Å²) in [5, 5.41) is 13.3. The highest BCUT2D eigenvalue weighted by Gasteiger charge is 2.54. The van der Waals surface area contributed by atoms with E-state index in [4.69, 9.17) is 32.0 Å². The van der Waals surface area contributed by atoms with Crippen molar-refractivity contribution < 1.29 is 27.8 Å². The van der Waals surface area contributed by atoms with Gasteiger partial charge in [0.05, 0.1) is 22.8 Å². The van der Waals surface area contributed by atoms with Crippen molar-refractivity contribution in [2.24, 2.45) is 11.1 Å². The van der Waals surface area contributed by atoms with Crippen LogP contribution in [0.15, 0.2) is 23.9 Å². The minimum Gasteiger partial charge on any atom is -0.491 e. The number of ether oxygens (including phenoxy) is 1. The Morgan fingerprint density at radius 2 is 1.95 bits per heavy atom. The topological polar surface area (TPSA) is 117 Å². The highest BCUT2D eigenvalue weighted by Crippen LogP contribution is 2.44. The van der Waals surface area contributed by atoms with E-state index in [9.17, 15) is 23.1 Å². The fourth-order valence-corrected chi connectivity index (χ4v) is 5.73. The number of Topliss-reactive ketones (excluding diaryl/α,β-unsaturated/α-hetero) is 1. The average molecular weight is 597 g/mol. The van der Waals surface area contributed by atoms with Crippen LogP contribution in [-0.4, -0.2) is 91.0 Å². The fourth-order valence-electron chi connectivity index (χ4n) is 5.53. The molecule has 1 atom stereocenters. The van der Waals surface area contributed by atoms with Gasteiger partial charge >= 0.3 is 6.18 Å². The zero-order valence-electron chi connectivity index (χ0n) is 23.6. The molecule has 0 unspecified atom stereocenters. The molecular formula is C28H36ClF3N6O3. The standard InChI is InChI=1S/C28H36ClF3N6O3/c1-5-22(40)23(17(3)33)24-16(2)26(38-13-27(14-38)11-37(12-27)15-28(30,31)32)36-25(35-24)20-8-19(6-7-21(20)29)41-10-18(39)9-34-4/h6-8,18,34,39H,5,9-15,33H2,1-4H3/t18-/m1/s1. The van der Waals surface area contributed by atoms with Crippen LogP contribution in [0.5, 0.6) is 5.75 Å². The van der Waals surface area contributed by atoms with Gasteiger partial charge in [-0.3, -0.25) is 9.69 Å². The monoisotopic (exact) mass is 596 g/mol. The smallest absolute Gasteiger partial charge is 0.401 e. The van der Waals surface area contributed by atoms with Gasteiger partial charge in [0, 0.05) is 61.4 Å². The summed E-state index contributed by atoms with van der Waals surface area (Å²) in [5.74, 6) is 1.10. The number of aliphatic hydroxyl groups is 1. The molecular weight excluding hydrogens is 561 g/mol. The number of rotatable bonds is 11. The first-order chi connectivity index (χ1) is 19.3. The Morgan fingerprint density at radius 3 is 2.54 bits per heavy atom. The number of nitrogens with two attached hydrogens (primary N) is 1. The molecule has 4 rings (SSSR count). The number of hydrogen-bond donors (Lipinski definition) is 3. The van der Waals surface area contributed by atoms with Gasteiger partial charge in [-0.2, -0.15) is 13.2 Å². The van der Waals surface area contributed by atoms with E-state index in [-0.39, 0.29) is 30.1 Å². The van der Waals surface area contributed by atoms with Crippen LogP contribution in [0.4, 0.5) is 19.0 Å². The zero-order chi connectivity index (χ0) is 30.1. The van der Waals surface area contributed by atoms with Crippen molar-refractivity contribution in [2.45, 2.75) is 39.5 Å². The molecule has 224 valence electrons. The number of likely N-dealkylation sites (N-methyl/N-ethyl adjacent to an activating group) is 1. The Kier molecular flexibility index (Phi) is 9.17. The van der Waals surface area contributed by atoms with Crippen LogP contribution in [-0.2, 0) is 4.79 Å². The number of likely N-dealkylation sites (tertiary alicyclic amines) is 1. The quantitative estimate of drug-likeness (QED) is 0.336. The second-order valence-corrected chi connectivity index (χ2v) is 11.4. The Hall–Kier alpha value is -2.93. The number of anilines is 1. The Balaban J connectivity index is 1.69. The normalized spacial score (nSPS) is 18.0. The Labute approximate surface area is 242 Å². The third-order valence-corrected chi connectivity index (χ3v) is 7.61. The molecule has 13 heteroatoms. The number of nitrogens with one attached hydrogen (secondary N) is 1. The average Bonchev–Trinajstić information content (AvgIpc) is 2.84. The number of benzene rings is 1. The van der Waals surface area contributed by atoms with Gasteiger partial charge in [-0.15, -0.1) is 0 Å². The van der Waals surface area contributed by atoms with Crippen molar-refractivity contribution in [1.82, 2.24) is 20.2 Å². The number of allylic oxidation sites excluding steroid dienone is 2. The molecule has 0 aliphatic carbocycles. The maximum absolute atomic E-state index is 13.0. The van der Waals surface area contributed by atoms with Gasteiger partial charge in [0.2, 0.25) is 0 Å².